The summed E-state index contributed by atoms with van der Waals surface area (Å²) in [5.74, 6) is -0.00186. The molecule has 0 saturated heterocycles. The van der Waals surface area contributed by atoms with Crippen LogP contribution in [-0.4, -0.2) is 36.1 Å². The summed E-state index contributed by atoms with van der Waals surface area (Å²) < 4.78 is 5.18. The zero-order valence-electron chi connectivity index (χ0n) is 13.7. The highest BCUT2D eigenvalue weighted by molar-refractivity contribution is 6.31. The molecule has 3 rings (SSSR count). The minimum Gasteiger partial charge on any atom is -0.383 e. The minimum absolute atomic E-state index is 0.124. The topological polar surface area (TPSA) is 42.4 Å². The monoisotopic (exact) mass is 344 g/mol. The van der Waals surface area contributed by atoms with E-state index in [9.17, 15) is 4.79 Å². The number of nitrogens with zero attached hydrogens (tertiary/aromatic N) is 2. The van der Waals surface area contributed by atoms with Crippen LogP contribution in [0.15, 0.2) is 42.6 Å². The number of hydrogen-bond donors (Lipinski definition) is 0. The second-order valence-corrected chi connectivity index (χ2v) is 6.38. The molecule has 1 aromatic heterocycles. The van der Waals surface area contributed by atoms with Gasteiger partial charge in [-0.2, -0.15) is 0 Å². The molecule has 24 heavy (non-hydrogen) atoms. The third kappa shape index (κ3) is 3.60. The largest absolute Gasteiger partial charge is 0.383 e. The van der Waals surface area contributed by atoms with Crippen LogP contribution >= 0.6 is 11.6 Å². The number of rotatable bonds is 6. The van der Waals surface area contributed by atoms with Gasteiger partial charge < -0.3 is 9.64 Å². The summed E-state index contributed by atoms with van der Waals surface area (Å²) in [5, 5.41) is 0.760. The van der Waals surface area contributed by atoms with Crippen molar-refractivity contribution in [2.75, 3.05) is 20.3 Å². The van der Waals surface area contributed by atoms with E-state index in [0.717, 1.165) is 34.7 Å². The molecule has 1 heterocycles. The molecule has 126 valence electrons. The highest BCUT2D eigenvalue weighted by Gasteiger charge is 2.32. The number of hydrogen-bond acceptors (Lipinski definition) is 3. The Bertz CT molecular complexity index is 706. The van der Waals surface area contributed by atoms with Gasteiger partial charge >= 0.3 is 0 Å². The maximum Gasteiger partial charge on any atom is 0.230 e. The zero-order valence-corrected chi connectivity index (χ0v) is 14.5. The molecule has 0 aliphatic heterocycles. The first-order valence-corrected chi connectivity index (χ1v) is 8.53. The summed E-state index contributed by atoms with van der Waals surface area (Å²) in [5.41, 5.74) is 3.06. The third-order valence-electron chi connectivity index (χ3n) is 4.47. The van der Waals surface area contributed by atoms with Crippen LogP contribution in [0.5, 0.6) is 0 Å². The van der Waals surface area contributed by atoms with Gasteiger partial charge in [-0.3, -0.25) is 9.78 Å². The fourth-order valence-corrected chi connectivity index (χ4v) is 3.52. The van der Waals surface area contributed by atoms with Crippen LogP contribution in [-0.2, 0) is 22.5 Å². The average molecular weight is 345 g/mol. The van der Waals surface area contributed by atoms with Gasteiger partial charge in [0.2, 0.25) is 5.91 Å². The second kappa shape index (κ2) is 7.77. The van der Waals surface area contributed by atoms with Crippen molar-refractivity contribution in [1.82, 2.24) is 9.88 Å². The Balaban J connectivity index is 1.81. The van der Waals surface area contributed by atoms with Crippen LogP contribution < -0.4 is 0 Å². The van der Waals surface area contributed by atoms with Crippen LogP contribution in [0.2, 0.25) is 5.02 Å². The predicted molar refractivity (Wildman–Crippen MR) is 94.0 cm³/mol. The molecule has 4 nitrogen and oxygen atoms in total. The maximum absolute atomic E-state index is 13.1. The Labute approximate surface area is 147 Å². The van der Waals surface area contributed by atoms with Crippen molar-refractivity contribution in [3.05, 3.63) is 64.4 Å². The highest BCUT2D eigenvalue weighted by Crippen LogP contribution is 2.38. The number of methoxy groups -OCH3 is 1. The van der Waals surface area contributed by atoms with E-state index in [1.54, 1.807) is 13.3 Å². The molecule has 1 atom stereocenters. The average Bonchev–Trinajstić information content (AvgIpc) is 3.04. The molecule has 1 aliphatic rings. The number of aromatic nitrogens is 1. The van der Waals surface area contributed by atoms with Crippen molar-refractivity contribution in [2.24, 2.45) is 0 Å². The summed E-state index contributed by atoms with van der Waals surface area (Å²) in [6.45, 7) is 1.56. The number of halogens is 1. The Hall–Kier alpha value is -1.91. The smallest absolute Gasteiger partial charge is 0.230 e. The molecule has 0 unspecified atom stereocenters. The van der Waals surface area contributed by atoms with E-state index in [4.69, 9.17) is 16.3 Å². The van der Waals surface area contributed by atoms with Gasteiger partial charge in [0.05, 0.1) is 24.8 Å². The summed E-state index contributed by atoms with van der Waals surface area (Å²) in [6.07, 6.45) is 3.41. The Morgan fingerprint density at radius 1 is 1.33 bits per heavy atom. The van der Waals surface area contributed by atoms with Gasteiger partial charge in [0.1, 0.15) is 0 Å². The first kappa shape index (κ1) is 16.9. The third-order valence-corrected chi connectivity index (χ3v) is 4.82. The van der Waals surface area contributed by atoms with Crippen LogP contribution in [0, 0.1) is 0 Å². The normalized spacial score (nSPS) is 16.0. The number of carbonyl (C=O) groups excluding carboxylic acids is 1. The van der Waals surface area contributed by atoms with Crippen molar-refractivity contribution in [3.8, 4) is 0 Å². The molecule has 0 saturated carbocycles. The van der Waals surface area contributed by atoms with Gasteiger partial charge in [-0.15, -0.1) is 0 Å². The number of carbonyl (C=O) groups is 1. The summed E-state index contributed by atoms with van der Waals surface area (Å²) in [6, 6.07) is 11.6. The van der Waals surface area contributed by atoms with Crippen LogP contribution in [0.1, 0.15) is 29.2 Å². The van der Waals surface area contributed by atoms with Crippen molar-refractivity contribution in [3.63, 3.8) is 0 Å². The van der Waals surface area contributed by atoms with E-state index in [-0.39, 0.29) is 11.8 Å². The van der Waals surface area contributed by atoms with Gasteiger partial charge in [0, 0.05) is 24.9 Å². The Kier molecular flexibility index (Phi) is 5.48. The molecule has 0 N–H and O–H groups in total. The quantitative estimate of drug-likeness (QED) is 0.806. The summed E-state index contributed by atoms with van der Waals surface area (Å²) in [4.78, 5) is 19.3. The Morgan fingerprint density at radius 2 is 2.21 bits per heavy atom. The number of fused-ring (bicyclic) bond motifs is 1. The Morgan fingerprint density at radius 3 is 2.96 bits per heavy atom. The van der Waals surface area contributed by atoms with Gasteiger partial charge in [-0.05, 0) is 42.2 Å². The predicted octanol–water partition coefficient (Wildman–Crippen LogP) is 3.44. The minimum atomic E-state index is -0.126. The fourth-order valence-electron chi connectivity index (χ4n) is 3.24. The molecule has 0 bridgehead atoms. The van der Waals surface area contributed by atoms with Crippen molar-refractivity contribution < 1.29 is 9.53 Å². The van der Waals surface area contributed by atoms with E-state index in [2.05, 4.69) is 4.98 Å². The number of amides is 1. The van der Waals surface area contributed by atoms with E-state index in [0.29, 0.717) is 19.7 Å². The van der Waals surface area contributed by atoms with Crippen LogP contribution in [0.25, 0.3) is 0 Å². The second-order valence-electron chi connectivity index (χ2n) is 5.97. The SMILES string of the molecule is COCCN(Cc1ccccn1)C(=O)[C@@H]1CCc2c(Cl)cccc21. The lowest BCUT2D eigenvalue weighted by Gasteiger charge is -2.25. The molecule has 2 aromatic rings. The lowest BCUT2D eigenvalue weighted by molar-refractivity contribution is -0.134. The number of pyridine rings is 1. The molecule has 1 aliphatic carbocycles. The van der Waals surface area contributed by atoms with E-state index in [1.807, 2.05) is 41.3 Å². The van der Waals surface area contributed by atoms with E-state index >= 15 is 0 Å². The molecule has 5 heteroatoms. The highest BCUT2D eigenvalue weighted by atomic mass is 35.5. The lowest BCUT2D eigenvalue weighted by atomic mass is 9.99. The maximum atomic E-state index is 13.1. The molecular weight excluding hydrogens is 324 g/mol. The molecule has 0 radical (unpaired) electrons. The van der Waals surface area contributed by atoms with Gasteiger partial charge in [0.25, 0.3) is 0 Å². The molecule has 1 amide bonds. The van der Waals surface area contributed by atoms with Gasteiger partial charge in [0.15, 0.2) is 0 Å². The summed E-state index contributed by atoms with van der Waals surface area (Å²) >= 11 is 6.28. The first-order valence-electron chi connectivity index (χ1n) is 8.15. The van der Waals surface area contributed by atoms with Crippen molar-refractivity contribution in [1.29, 1.82) is 0 Å². The van der Waals surface area contributed by atoms with E-state index in [1.165, 1.54) is 0 Å². The molecule has 0 fully saturated rings. The lowest BCUT2D eigenvalue weighted by Crippen LogP contribution is -2.36. The standard InChI is InChI=1S/C19H21ClN2O2/c1-24-12-11-22(13-14-5-2-3-10-21-14)19(23)17-9-8-16-15(17)6-4-7-18(16)20/h2-7,10,17H,8-9,11-13H2,1H3/t17-/m1/s1. The number of ether oxygens (including phenoxy) is 1. The first-order chi connectivity index (χ1) is 11.7. The molecule has 1 aromatic carbocycles. The fraction of sp³-hybridized carbons (Fsp3) is 0.368. The van der Waals surface area contributed by atoms with Gasteiger partial charge in [-0.1, -0.05) is 29.8 Å². The van der Waals surface area contributed by atoms with Gasteiger partial charge in [-0.25, -0.2) is 0 Å². The molecule has 0 spiro atoms. The van der Waals surface area contributed by atoms with Crippen molar-refractivity contribution in [2.45, 2.75) is 25.3 Å². The van der Waals surface area contributed by atoms with E-state index < -0.39 is 0 Å². The van der Waals surface area contributed by atoms with Crippen LogP contribution in [0.3, 0.4) is 0 Å². The summed E-state index contributed by atoms with van der Waals surface area (Å²) in [7, 11) is 1.65. The molecular formula is C19H21ClN2O2. The van der Waals surface area contributed by atoms with Crippen LogP contribution in [0.4, 0.5) is 0 Å². The van der Waals surface area contributed by atoms with Crippen molar-refractivity contribution >= 4 is 17.5 Å². The number of benzene rings is 1. The zero-order chi connectivity index (χ0) is 16.9.